The molecule has 22 heavy (non-hydrogen) atoms. The van der Waals surface area contributed by atoms with E-state index in [-0.39, 0.29) is 12.5 Å². The number of carbonyl (C=O) groups is 1. The Morgan fingerprint density at radius 2 is 1.82 bits per heavy atom. The molecule has 6 nitrogen and oxygen atoms in total. The zero-order valence-corrected chi connectivity index (χ0v) is 14.5. The summed E-state index contributed by atoms with van der Waals surface area (Å²) in [5.41, 5.74) is 0. The first kappa shape index (κ1) is 20.7. The van der Waals surface area contributed by atoms with E-state index in [9.17, 15) is 4.79 Å². The molecule has 1 amide bonds. The van der Waals surface area contributed by atoms with E-state index in [0.29, 0.717) is 25.4 Å². The van der Waals surface area contributed by atoms with Crippen molar-refractivity contribution in [2.45, 2.75) is 52.9 Å². The third-order valence-corrected chi connectivity index (χ3v) is 3.30. The fourth-order valence-corrected chi connectivity index (χ4v) is 2.13. The Kier molecular flexibility index (Phi) is 13.8. The van der Waals surface area contributed by atoms with Crippen LogP contribution < -0.4 is 16.0 Å². The Labute approximate surface area is 135 Å². The Morgan fingerprint density at radius 1 is 1.05 bits per heavy atom. The largest absolute Gasteiger partial charge is 0.396 e. The number of hydrogen-bond donors (Lipinski definition) is 4. The van der Waals surface area contributed by atoms with Crippen LogP contribution in [-0.4, -0.2) is 49.8 Å². The third kappa shape index (κ3) is 11.4. The highest BCUT2D eigenvalue weighted by Crippen LogP contribution is 2.10. The molecular formula is C16H34N4O2. The van der Waals surface area contributed by atoms with Gasteiger partial charge in [0.25, 0.3) is 0 Å². The average molecular weight is 314 g/mol. The number of guanidine groups is 1. The van der Waals surface area contributed by atoms with Gasteiger partial charge >= 0.3 is 0 Å². The topological polar surface area (TPSA) is 85.8 Å². The minimum absolute atomic E-state index is 0.0642. The molecule has 0 aliphatic carbocycles. The number of rotatable bonds is 12. The van der Waals surface area contributed by atoms with Crippen LogP contribution in [0.4, 0.5) is 0 Å². The summed E-state index contributed by atoms with van der Waals surface area (Å²) in [4.78, 5) is 16.1. The van der Waals surface area contributed by atoms with Crippen LogP contribution in [0.15, 0.2) is 4.99 Å². The number of aliphatic imine (C=N–C) groups is 1. The maximum atomic E-state index is 11.5. The SMILES string of the molecule is CCCNC(=O)CCNC(=NCC(CCC)CCO)NCC. The molecule has 0 rings (SSSR count). The Morgan fingerprint density at radius 3 is 2.41 bits per heavy atom. The second-order valence-electron chi connectivity index (χ2n) is 5.41. The molecule has 4 N–H and O–H groups in total. The Hall–Kier alpha value is -1.30. The van der Waals surface area contributed by atoms with Gasteiger partial charge in [0.05, 0.1) is 0 Å². The van der Waals surface area contributed by atoms with Crippen molar-refractivity contribution in [3.63, 3.8) is 0 Å². The molecule has 0 fully saturated rings. The zero-order valence-electron chi connectivity index (χ0n) is 14.5. The van der Waals surface area contributed by atoms with Gasteiger partial charge in [-0.3, -0.25) is 9.79 Å². The summed E-state index contributed by atoms with van der Waals surface area (Å²) >= 11 is 0. The number of carbonyl (C=O) groups excluding carboxylic acids is 1. The molecule has 0 saturated carbocycles. The van der Waals surface area contributed by atoms with Crippen LogP contribution in [0, 0.1) is 5.92 Å². The highest BCUT2D eigenvalue weighted by Gasteiger charge is 2.07. The van der Waals surface area contributed by atoms with Crippen LogP contribution in [0.25, 0.3) is 0 Å². The van der Waals surface area contributed by atoms with Gasteiger partial charge in [-0.2, -0.15) is 0 Å². The molecule has 0 spiro atoms. The fourth-order valence-electron chi connectivity index (χ4n) is 2.13. The van der Waals surface area contributed by atoms with Gasteiger partial charge in [0, 0.05) is 39.2 Å². The molecule has 0 saturated heterocycles. The Balaban J connectivity index is 4.21. The molecule has 130 valence electrons. The number of hydrogen-bond acceptors (Lipinski definition) is 3. The minimum atomic E-state index is 0.0642. The van der Waals surface area contributed by atoms with Crippen LogP contribution in [0.1, 0.15) is 52.9 Å². The van der Waals surface area contributed by atoms with Crippen molar-refractivity contribution in [1.82, 2.24) is 16.0 Å². The summed E-state index contributed by atoms with van der Waals surface area (Å²) in [5, 5.41) is 18.3. The summed E-state index contributed by atoms with van der Waals surface area (Å²) in [6.45, 7) is 9.19. The molecule has 0 aromatic rings. The van der Waals surface area contributed by atoms with E-state index in [1.165, 1.54) is 0 Å². The van der Waals surface area contributed by atoms with Gasteiger partial charge < -0.3 is 21.1 Å². The second kappa shape index (κ2) is 14.6. The first-order valence-electron chi connectivity index (χ1n) is 8.57. The number of amides is 1. The Bertz CT molecular complexity index is 303. The third-order valence-electron chi connectivity index (χ3n) is 3.30. The summed E-state index contributed by atoms with van der Waals surface area (Å²) in [6, 6.07) is 0. The van der Waals surface area contributed by atoms with E-state index in [0.717, 1.165) is 44.7 Å². The lowest BCUT2D eigenvalue weighted by molar-refractivity contribution is -0.120. The van der Waals surface area contributed by atoms with Crippen LogP contribution in [0.2, 0.25) is 0 Å². The normalized spacial score (nSPS) is 12.8. The molecule has 1 atom stereocenters. The lowest BCUT2D eigenvalue weighted by atomic mass is 10.0. The smallest absolute Gasteiger partial charge is 0.221 e. The van der Waals surface area contributed by atoms with E-state index < -0.39 is 0 Å². The molecule has 0 aliphatic rings. The van der Waals surface area contributed by atoms with Crippen molar-refractivity contribution >= 4 is 11.9 Å². The van der Waals surface area contributed by atoms with Crippen molar-refractivity contribution in [1.29, 1.82) is 0 Å². The monoisotopic (exact) mass is 314 g/mol. The summed E-state index contributed by atoms with van der Waals surface area (Å²) in [5.74, 6) is 1.22. The molecule has 0 radical (unpaired) electrons. The van der Waals surface area contributed by atoms with E-state index in [2.05, 4.69) is 27.9 Å². The molecular weight excluding hydrogens is 280 g/mol. The lowest BCUT2D eigenvalue weighted by Crippen LogP contribution is -2.39. The van der Waals surface area contributed by atoms with Gasteiger partial charge in [0.15, 0.2) is 5.96 Å². The van der Waals surface area contributed by atoms with E-state index >= 15 is 0 Å². The van der Waals surface area contributed by atoms with Gasteiger partial charge in [0.1, 0.15) is 0 Å². The standard InChI is InChI=1S/C16H34N4O2/c1-4-7-14(9-12-21)13-20-16(17-6-3)19-11-8-15(22)18-10-5-2/h14,21H,4-13H2,1-3H3,(H,18,22)(H2,17,19,20). The molecule has 0 bridgehead atoms. The van der Waals surface area contributed by atoms with Gasteiger partial charge in [-0.1, -0.05) is 20.3 Å². The van der Waals surface area contributed by atoms with Crippen molar-refractivity contribution in [3.05, 3.63) is 0 Å². The minimum Gasteiger partial charge on any atom is -0.396 e. The van der Waals surface area contributed by atoms with Crippen LogP contribution >= 0.6 is 0 Å². The average Bonchev–Trinajstić information content (AvgIpc) is 2.50. The highest BCUT2D eigenvalue weighted by molar-refractivity contribution is 5.81. The summed E-state index contributed by atoms with van der Waals surface area (Å²) < 4.78 is 0. The number of nitrogens with one attached hydrogen (secondary N) is 3. The quantitative estimate of drug-likeness (QED) is 0.323. The van der Waals surface area contributed by atoms with E-state index in [1.807, 2.05) is 13.8 Å². The second-order valence-corrected chi connectivity index (χ2v) is 5.41. The first-order valence-corrected chi connectivity index (χ1v) is 8.57. The molecule has 0 aliphatic heterocycles. The maximum Gasteiger partial charge on any atom is 0.221 e. The molecule has 0 aromatic heterocycles. The molecule has 6 heteroatoms. The van der Waals surface area contributed by atoms with Crippen LogP contribution in [-0.2, 0) is 4.79 Å². The van der Waals surface area contributed by atoms with Crippen molar-refractivity contribution in [2.24, 2.45) is 10.9 Å². The summed E-state index contributed by atoms with van der Waals surface area (Å²) in [7, 11) is 0. The van der Waals surface area contributed by atoms with Crippen molar-refractivity contribution in [2.75, 3.05) is 32.8 Å². The summed E-state index contributed by atoms with van der Waals surface area (Å²) in [6.07, 6.45) is 4.35. The van der Waals surface area contributed by atoms with Crippen LogP contribution in [0.3, 0.4) is 0 Å². The zero-order chi connectivity index (χ0) is 16.6. The number of aliphatic hydroxyl groups is 1. The number of aliphatic hydroxyl groups excluding tert-OH is 1. The van der Waals surface area contributed by atoms with E-state index in [1.54, 1.807) is 0 Å². The van der Waals surface area contributed by atoms with Crippen LogP contribution in [0.5, 0.6) is 0 Å². The lowest BCUT2D eigenvalue weighted by Gasteiger charge is -2.15. The van der Waals surface area contributed by atoms with E-state index in [4.69, 9.17) is 5.11 Å². The molecule has 0 aromatic carbocycles. The predicted molar refractivity (Wildman–Crippen MR) is 92.0 cm³/mol. The first-order chi connectivity index (χ1) is 10.7. The van der Waals surface area contributed by atoms with Gasteiger partial charge in [-0.15, -0.1) is 0 Å². The van der Waals surface area contributed by atoms with Crippen molar-refractivity contribution < 1.29 is 9.90 Å². The number of nitrogens with zero attached hydrogens (tertiary/aromatic N) is 1. The molecule has 1 unspecified atom stereocenters. The predicted octanol–water partition coefficient (Wildman–Crippen LogP) is 1.26. The molecule has 0 heterocycles. The fraction of sp³-hybridized carbons (Fsp3) is 0.875. The van der Waals surface area contributed by atoms with Crippen molar-refractivity contribution in [3.8, 4) is 0 Å². The highest BCUT2D eigenvalue weighted by atomic mass is 16.3. The van der Waals surface area contributed by atoms with Gasteiger partial charge in [-0.25, -0.2) is 0 Å². The van der Waals surface area contributed by atoms with Gasteiger partial charge in [-0.05, 0) is 32.1 Å². The van der Waals surface area contributed by atoms with Gasteiger partial charge in [0.2, 0.25) is 5.91 Å². The maximum absolute atomic E-state index is 11.5.